The van der Waals surface area contributed by atoms with E-state index in [9.17, 15) is 4.79 Å². The molecule has 0 heterocycles. The maximum Gasteiger partial charge on any atom is 0.341 e. The first-order valence-corrected chi connectivity index (χ1v) is 8.96. The fourth-order valence-corrected chi connectivity index (χ4v) is 2.72. The number of benzene rings is 2. The lowest BCUT2D eigenvalue weighted by Gasteiger charge is -2.14. The fraction of sp³-hybridized carbons (Fsp3) is 0.333. The molecule has 8 nitrogen and oxygen atoms in total. The molecule has 2 rings (SSSR count). The van der Waals surface area contributed by atoms with E-state index < -0.39 is 5.97 Å². The highest BCUT2D eigenvalue weighted by molar-refractivity contribution is 5.92. The van der Waals surface area contributed by atoms with Gasteiger partial charge in [0, 0.05) is 20.1 Å². The molecule has 0 aliphatic carbocycles. The number of ether oxygens (including phenoxy) is 4. The van der Waals surface area contributed by atoms with Gasteiger partial charge in [-0.2, -0.15) is 0 Å². The SMILES string of the molecule is CN=C(NCc1ccc(OC)c(OC)c1)NCc1ccc(OC)c(C(=O)OC)c1. The number of esters is 1. The lowest BCUT2D eigenvalue weighted by molar-refractivity contribution is 0.0597. The molecule has 0 amide bonds. The van der Waals surface area contributed by atoms with Crippen LogP contribution in [0.4, 0.5) is 0 Å². The average Bonchev–Trinajstić information content (AvgIpc) is 2.78. The van der Waals surface area contributed by atoms with Crippen molar-refractivity contribution in [3.8, 4) is 17.2 Å². The first kappa shape index (κ1) is 21.9. The van der Waals surface area contributed by atoms with Crippen LogP contribution in [0.15, 0.2) is 41.4 Å². The van der Waals surface area contributed by atoms with Crippen LogP contribution in [0.5, 0.6) is 17.2 Å². The molecule has 8 heteroatoms. The summed E-state index contributed by atoms with van der Waals surface area (Å²) in [7, 11) is 7.75. The van der Waals surface area contributed by atoms with Crippen LogP contribution in [0.25, 0.3) is 0 Å². The largest absolute Gasteiger partial charge is 0.496 e. The Hall–Kier alpha value is -3.42. The van der Waals surface area contributed by atoms with Crippen molar-refractivity contribution in [2.45, 2.75) is 13.1 Å². The number of nitrogens with zero attached hydrogens (tertiary/aromatic N) is 1. The third-order valence-corrected chi connectivity index (χ3v) is 4.26. The molecule has 0 radical (unpaired) electrons. The molecule has 0 spiro atoms. The van der Waals surface area contributed by atoms with Crippen molar-refractivity contribution < 1.29 is 23.7 Å². The quantitative estimate of drug-likeness (QED) is 0.399. The molecule has 156 valence electrons. The Balaban J connectivity index is 2.00. The first-order chi connectivity index (χ1) is 14.1. The normalized spacial score (nSPS) is 10.9. The predicted molar refractivity (Wildman–Crippen MR) is 111 cm³/mol. The molecule has 29 heavy (non-hydrogen) atoms. The van der Waals surface area contributed by atoms with E-state index >= 15 is 0 Å². The summed E-state index contributed by atoms with van der Waals surface area (Å²) in [5.41, 5.74) is 2.28. The summed E-state index contributed by atoms with van der Waals surface area (Å²) < 4.78 is 20.6. The summed E-state index contributed by atoms with van der Waals surface area (Å²) in [6, 6.07) is 11.1. The molecular weight excluding hydrogens is 374 g/mol. The molecule has 0 fully saturated rings. The number of rotatable bonds is 8. The van der Waals surface area contributed by atoms with Crippen LogP contribution in [0.1, 0.15) is 21.5 Å². The minimum Gasteiger partial charge on any atom is -0.496 e. The van der Waals surface area contributed by atoms with Crippen molar-refractivity contribution in [3.05, 3.63) is 53.1 Å². The summed E-state index contributed by atoms with van der Waals surface area (Å²) in [5, 5.41) is 6.46. The molecule has 2 aromatic carbocycles. The van der Waals surface area contributed by atoms with E-state index in [1.165, 1.54) is 14.2 Å². The average molecular weight is 401 g/mol. The molecule has 0 atom stereocenters. The third-order valence-electron chi connectivity index (χ3n) is 4.26. The van der Waals surface area contributed by atoms with Gasteiger partial charge < -0.3 is 29.6 Å². The monoisotopic (exact) mass is 401 g/mol. The summed E-state index contributed by atoms with van der Waals surface area (Å²) in [5.74, 6) is 1.99. The summed E-state index contributed by atoms with van der Waals surface area (Å²) in [4.78, 5) is 16.1. The van der Waals surface area contributed by atoms with Crippen molar-refractivity contribution in [3.63, 3.8) is 0 Å². The summed E-state index contributed by atoms with van der Waals surface area (Å²) in [6.45, 7) is 1.02. The Bertz CT molecular complexity index is 867. The van der Waals surface area contributed by atoms with Crippen LogP contribution >= 0.6 is 0 Å². The van der Waals surface area contributed by atoms with Crippen molar-refractivity contribution in [2.75, 3.05) is 35.5 Å². The second kappa shape index (κ2) is 10.8. The highest BCUT2D eigenvalue weighted by Crippen LogP contribution is 2.27. The van der Waals surface area contributed by atoms with E-state index in [0.29, 0.717) is 41.9 Å². The Morgan fingerprint density at radius 3 is 1.90 bits per heavy atom. The fourth-order valence-electron chi connectivity index (χ4n) is 2.72. The molecule has 0 bridgehead atoms. The van der Waals surface area contributed by atoms with Gasteiger partial charge >= 0.3 is 5.97 Å². The Kier molecular flexibility index (Phi) is 8.14. The van der Waals surface area contributed by atoms with Gasteiger partial charge in [-0.1, -0.05) is 12.1 Å². The van der Waals surface area contributed by atoms with Crippen LogP contribution in [0.3, 0.4) is 0 Å². The Morgan fingerprint density at radius 2 is 1.38 bits per heavy atom. The zero-order valence-corrected chi connectivity index (χ0v) is 17.4. The van der Waals surface area contributed by atoms with Crippen LogP contribution in [-0.2, 0) is 17.8 Å². The van der Waals surface area contributed by atoms with Crippen LogP contribution in [-0.4, -0.2) is 47.4 Å². The van der Waals surface area contributed by atoms with Gasteiger partial charge in [0.05, 0.1) is 28.4 Å². The minimum atomic E-state index is -0.445. The molecule has 0 aliphatic rings. The molecule has 0 saturated carbocycles. The van der Waals surface area contributed by atoms with Gasteiger partial charge in [0.25, 0.3) is 0 Å². The number of aliphatic imine (C=N–C) groups is 1. The number of carbonyl (C=O) groups excluding carboxylic acids is 1. The van der Waals surface area contributed by atoms with Crippen LogP contribution in [0, 0.1) is 0 Å². The van der Waals surface area contributed by atoms with E-state index in [4.69, 9.17) is 18.9 Å². The molecule has 0 aromatic heterocycles. The van der Waals surface area contributed by atoms with Crippen LogP contribution < -0.4 is 24.8 Å². The molecule has 0 aliphatic heterocycles. The van der Waals surface area contributed by atoms with E-state index in [1.54, 1.807) is 33.4 Å². The maximum atomic E-state index is 11.9. The van der Waals surface area contributed by atoms with E-state index in [0.717, 1.165) is 11.1 Å². The lowest BCUT2D eigenvalue weighted by Crippen LogP contribution is -2.36. The topological polar surface area (TPSA) is 90.4 Å². The summed E-state index contributed by atoms with van der Waals surface area (Å²) >= 11 is 0. The second-order valence-corrected chi connectivity index (χ2v) is 5.99. The molecule has 2 aromatic rings. The van der Waals surface area contributed by atoms with Crippen LogP contribution in [0.2, 0.25) is 0 Å². The van der Waals surface area contributed by atoms with Gasteiger partial charge in [0.2, 0.25) is 0 Å². The van der Waals surface area contributed by atoms with E-state index in [1.807, 2.05) is 24.3 Å². The first-order valence-electron chi connectivity index (χ1n) is 8.96. The second-order valence-electron chi connectivity index (χ2n) is 5.99. The molecule has 2 N–H and O–H groups in total. The molecular formula is C21H27N3O5. The number of hydrogen-bond acceptors (Lipinski definition) is 6. The van der Waals surface area contributed by atoms with Gasteiger partial charge in [0.15, 0.2) is 17.5 Å². The van der Waals surface area contributed by atoms with Gasteiger partial charge in [-0.15, -0.1) is 0 Å². The van der Waals surface area contributed by atoms with Crippen molar-refractivity contribution in [1.82, 2.24) is 10.6 Å². The number of nitrogens with one attached hydrogen (secondary N) is 2. The highest BCUT2D eigenvalue weighted by Gasteiger charge is 2.13. The predicted octanol–water partition coefficient (Wildman–Crippen LogP) is 2.36. The van der Waals surface area contributed by atoms with Crippen molar-refractivity contribution in [2.24, 2.45) is 4.99 Å². The lowest BCUT2D eigenvalue weighted by atomic mass is 10.1. The molecule has 0 saturated heterocycles. The number of hydrogen-bond donors (Lipinski definition) is 2. The van der Waals surface area contributed by atoms with Gasteiger partial charge in [-0.05, 0) is 35.4 Å². The minimum absolute atomic E-state index is 0.377. The van der Waals surface area contributed by atoms with E-state index in [-0.39, 0.29) is 0 Å². The highest BCUT2D eigenvalue weighted by atomic mass is 16.5. The number of carbonyl (C=O) groups is 1. The van der Waals surface area contributed by atoms with Gasteiger partial charge in [-0.25, -0.2) is 4.79 Å². The van der Waals surface area contributed by atoms with Gasteiger partial charge in [0.1, 0.15) is 11.3 Å². The Labute approximate surface area is 170 Å². The summed E-state index contributed by atoms with van der Waals surface area (Å²) in [6.07, 6.45) is 0. The zero-order valence-electron chi connectivity index (χ0n) is 17.4. The smallest absolute Gasteiger partial charge is 0.341 e. The Morgan fingerprint density at radius 1 is 0.828 bits per heavy atom. The van der Waals surface area contributed by atoms with Crippen molar-refractivity contribution >= 4 is 11.9 Å². The van der Waals surface area contributed by atoms with E-state index in [2.05, 4.69) is 15.6 Å². The maximum absolute atomic E-state index is 11.9. The number of methoxy groups -OCH3 is 4. The molecule has 0 unspecified atom stereocenters. The van der Waals surface area contributed by atoms with Gasteiger partial charge in [-0.3, -0.25) is 4.99 Å². The zero-order chi connectivity index (χ0) is 21.2. The number of guanidine groups is 1. The third kappa shape index (κ3) is 5.78. The standard InChI is InChI=1S/C21H27N3O5/c1-22-21(24-13-15-7-9-18(27-3)19(11-15)28-4)23-12-14-6-8-17(26-2)16(10-14)20(25)29-5/h6-11H,12-13H2,1-5H3,(H2,22,23,24). The van der Waals surface area contributed by atoms with Crippen molar-refractivity contribution in [1.29, 1.82) is 0 Å².